The number of rotatable bonds is 6. The van der Waals surface area contributed by atoms with Gasteiger partial charge in [-0.2, -0.15) is 8.78 Å². The Balaban J connectivity index is 1.44. The average Bonchev–Trinajstić information content (AvgIpc) is 2.63. The predicted molar refractivity (Wildman–Crippen MR) is 104 cm³/mol. The van der Waals surface area contributed by atoms with Gasteiger partial charge in [-0.05, 0) is 60.6 Å². The first-order chi connectivity index (χ1) is 12.6. The van der Waals surface area contributed by atoms with Crippen molar-refractivity contribution in [3.8, 4) is 11.5 Å². The van der Waals surface area contributed by atoms with Gasteiger partial charge in [-0.15, -0.1) is 0 Å². The molecular formula is C18H18F2N2O2S2. The van der Waals surface area contributed by atoms with E-state index in [4.69, 9.17) is 21.7 Å². The van der Waals surface area contributed by atoms with Gasteiger partial charge in [-0.3, -0.25) is 0 Å². The number of hydrogen-bond donors (Lipinski definition) is 2. The van der Waals surface area contributed by atoms with E-state index in [0.717, 1.165) is 29.2 Å². The van der Waals surface area contributed by atoms with Gasteiger partial charge in [0.25, 0.3) is 5.76 Å². The number of thiocarbonyl (C=S) groups is 1. The maximum Gasteiger partial charge on any atom is 0.288 e. The fourth-order valence-electron chi connectivity index (χ4n) is 2.46. The SMILES string of the molecule is FC(F)Sc1ccc(NC(=S)NCCc2ccc3c(c2)OCCO3)cc1. The van der Waals surface area contributed by atoms with Crippen molar-refractivity contribution in [2.24, 2.45) is 0 Å². The van der Waals surface area contributed by atoms with Crippen LogP contribution in [-0.4, -0.2) is 30.6 Å². The van der Waals surface area contributed by atoms with Crippen LogP contribution >= 0.6 is 24.0 Å². The van der Waals surface area contributed by atoms with Gasteiger partial charge in [0, 0.05) is 17.1 Å². The second-order valence-electron chi connectivity index (χ2n) is 5.51. The monoisotopic (exact) mass is 396 g/mol. The van der Waals surface area contributed by atoms with E-state index in [1.165, 1.54) is 0 Å². The summed E-state index contributed by atoms with van der Waals surface area (Å²) in [6.45, 7) is 1.80. The Morgan fingerprint density at radius 2 is 1.81 bits per heavy atom. The Kier molecular flexibility index (Phi) is 6.51. The first-order valence-electron chi connectivity index (χ1n) is 8.08. The molecule has 138 valence electrons. The second kappa shape index (κ2) is 9.05. The third kappa shape index (κ3) is 5.47. The molecule has 2 aromatic rings. The minimum atomic E-state index is -2.42. The van der Waals surface area contributed by atoms with Crippen molar-refractivity contribution in [1.29, 1.82) is 0 Å². The van der Waals surface area contributed by atoms with E-state index in [9.17, 15) is 8.78 Å². The van der Waals surface area contributed by atoms with E-state index in [2.05, 4.69) is 10.6 Å². The largest absolute Gasteiger partial charge is 0.486 e. The van der Waals surface area contributed by atoms with Crippen LogP contribution in [0.15, 0.2) is 47.4 Å². The van der Waals surface area contributed by atoms with Crippen LogP contribution in [0.2, 0.25) is 0 Å². The number of halogens is 2. The molecule has 2 N–H and O–H groups in total. The fourth-order valence-corrected chi connectivity index (χ4v) is 3.18. The quantitative estimate of drug-likeness (QED) is 0.561. The molecule has 0 saturated heterocycles. The fraction of sp³-hybridized carbons (Fsp3) is 0.278. The van der Waals surface area contributed by atoms with E-state index in [1.807, 2.05) is 18.2 Å². The summed E-state index contributed by atoms with van der Waals surface area (Å²) in [4.78, 5) is 0.517. The highest BCUT2D eigenvalue weighted by Crippen LogP contribution is 2.30. The normalized spacial score (nSPS) is 12.7. The lowest BCUT2D eigenvalue weighted by Gasteiger charge is -2.19. The van der Waals surface area contributed by atoms with E-state index < -0.39 is 5.76 Å². The zero-order valence-corrected chi connectivity index (χ0v) is 15.5. The Morgan fingerprint density at radius 1 is 1.08 bits per heavy atom. The maximum atomic E-state index is 12.3. The first kappa shape index (κ1) is 18.7. The molecule has 8 heteroatoms. The lowest BCUT2D eigenvalue weighted by Crippen LogP contribution is -2.30. The second-order valence-corrected chi connectivity index (χ2v) is 6.98. The Bertz CT molecular complexity index is 757. The number of nitrogens with one attached hydrogen (secondary N) is 2. The third-order valence-electron chi connectivity index (χ3n) is 3.64. The highest BCUT2D eigenvalue weighted by molar-refractivity contribution is 7.99. The third-order valence-corrected chi connectivity index (χ3v) is 4.61. The van der Waals surface area contributed by atoms with Crippen LogP contribution in [0.25, 0.3) is 0 Å². The highest BCUT2D eigenvalue weighted by Gasteiger charge is 2.11. The van der Waals surface area contributed by atoms with Gasteiger partial charge in [0.2, 0.25) is 0 Å². The summed E-state index contributed by atoms with van der Waals surface area (Å²) in [7, 11) is 0. The lowest BCUT2D eigenvalue weighted by molar-refractivity contribution is 0.171. The molecular weight excluding hydrogens is 378 g/mol. The Hall–Kier alpha value is -2.06. The zero-order chi connectivity index (χ0) is 18.4. The van der Waals surface area contributed by atoms with Crippen LogP contribution < -0.4 is 20.1 Å². The molecule has 0 spiro atoms. The molecule has 0 aliphatic carbocycles. The van der Waals surface area contributed by atoms with Crippen molar-refractivity contribution in [1.82, 2.24) is 5.32 Å². The topological polar surface area (TPSA) is 42.5 Å². The Labute approximate surface area is 160 Å². The number of alkyl halides is 2. The van der Waals surface area contributed by atoms with Crippen LogP contribution in [-0.2, 0) is 6.42 Å². The molecule has 0 fully saturated rings. The van der Waals surface area contributed by atoms with Crippen LogP contribution in [0.5, 0.6) is 11.5 Å². The summed E-state index contributed by atoms with van der Waals surface area (Å²) in [5.41, 5.74) is 1.87. The minimum absolute atomic E-state index is 0.483. The molecule has 0 bridgehead atoms. The lowest BCUT2D eigenvalue weighted by atomic mass is 10.1. The van der Waals surface area contributed by atoms with Gasteiger partial charge in [-0.1, -0.05) is 17.8 Å². The molecule has 3 rings (SSSR count). The summed E-state index contributed by atoms with van der Waals surface area (Å²) >= 11 is 5.78. The molecule has 26 heavy (non-hydrogen) atoms. The van der Waals surface area contributed by atoms with Gasteiger partial charge >= 0.3 is 0 Å². The van der Waals surface area contributed by atoms with Crippen molar-refractivity contribution in [3.63, 3.8) is 0 Å². The van der Waals surface area contributed by atoms with Crippen molar-refractivity contribution in [2.75, 3.05) is 25.1 Å². The first-order valence-corrected chi connectivity index (χ1v) is 9.37. The van der Waals surface area contributed by atoms with Crippen LogP contribution in [0.4, 0.5) is 14.5 Å². The van der Waals surface area contributed by atoms with Gasteiger partial charge in [0.15, 0.2) is 16.6 Å². The smallest absolute Gasteiger partial charge is 0.288 e. The molecule has 0 unspecified atom stereocenters. The molecule has 0 radical (unpaired) electrons. The zero-order valence-electron chi connectivity index (χ0n) is 13.8. The van der Waals surface area contributed by atoms with E-state index in [0.29, 0.717) is 41.5 Å². The van der Waals surface area contributed by atoms with Gasteiger partial charge in [-0.25, -0.2) is 0 Å². The number of benzene rings is 2. The molecule has 0 amide bonds. The standard InChI is InChI=1S/C18H18F2N2O2S2/c19-17(20)26-14-4-2-13(3-5-14)22-18(25)21-8-7-12-1-6-15-16(11-12)24-10-9-23-15/h1-6,11,17H,7-10H2,(H2,21,22,25). The molecule has 1 aliphatic rings. The van der Waals surface area contributed by atoms with Crippen molar-refractivity contribution < 1.29 is 18.3 Å². The molecule has 1 aliphatic heterocycles. The minimum Gasteiger partial charge on any atom is -0.486 e. The van der Waals surface area contributed by atoms with Crippen molar-refractivity contribution in [2.45, 2.75) is 17.1 Å². The number of fused-ring (bicyclic) bond motifs is 1. The van der Waals surface area contributed by atoms with Gasteiger partial charge < -0.3 is 20.1 Å². The molecule has 4 nitrogen and oxygen atoms in total. The van der Waals surface area contributed by atoms with Crippen LogP contribution in [0, 0.1) is 0 Å². The van der Waals surface area contributed by atoms with E-state index >= 15 is 0 Å². The number of hydrogen-bond acceptors (Lipinski definition) is 4. The summed E-state index contributed by atoms with van der Waals surface area (Å²) in [6.07, 6.45) is 0.780. The molecule has 0 aromatic heterocycles. The highest BCUT2D eigenvalue weighted by atomic mass is 32.2. The summed E-state index contributed by atoms with van der Waals surface area (Å²) in [5, 5.41) is 6.65. The van der Waals surface area contributed by atoms with E-state index in [1.54, 1.807) is 24.3 Å². The molecule has 1 heterocycles. The summed E-state index contributed by atoms with van der Waals surface area (Å²) in [5.74, 6) is -0.869. The van der Waals surface area contributed by atoms with Crippen molar-refractivity contribution >= 4 is 34.8 Å². The van der Waals surface area contributed by atoms with Crippen LogP contribution in [0.3, 0.4) is 0 Å². The van der Waals surface area contributed by atoms with Gasteiger partial charge in [0.05, 0.1) is 0 Å². The average molecular weight is 396 g/mol. The number of thioether (sulfide) groups is 1. The summed E-state index contributed by atoms with van der Waals surface area (Å²) < 4.78 is 35.7. The predicted octanol–water partition coefficient (Wildman–Crippen LogP) is 4.30. The summed E-state index contributed by atoms with van der Waals surface area (Å²) in [6, 6.07) is 12.6. The number of ether oxygens (including phenoxy) is 2. The Morgan fingerprint density at radius 3 is 2.54 bits per heavy atom. The van der Waals surface area contributed by atoms with Crippen LogP contribution in [0.1, 0.15) is 5.56 Å². The maximum absolute atomic E-state index is 12.3. The van der Waals surface area contributed by atoms with Gasteiger partial charge in [0.1, 0.15) is 13.2 Å². The van der Waals surface area contributed by atoms with Crippen molar-refractivity contribution in [3.05, 3.63) is 48.0 Å². The molecule has 2 aromatic carbocycles. The van der Waals surface area contributed by atoms with E-state index in [-0.39, 0.29) is 0 Å². The molecule has 0 atom stereocenters. The number of anilines is 1. The molecule has 0 saturated carbocycles.